The van der Waals surface area contributed by atoms with Crippen molar-refractivity contribution in [2.24, 2.45) is 0 Å². The van der Waals surface area contributed by atoms with E-state index in [1.165, 1.54) is 23.7 Å². The molecule has 0 bridgehead atoms. The minimum atomic E-state index is -4.86. The number of aromatic nitrogens is 3. The highest BCUT2D eigenvalue weighted by molar-refractivity contribution is 5.96. The number of halogens is 4. The SMILES string of the molecule is Cc1nc2c(N3CCC4(CCCN4C(=O)OC(C)(C)C)CC3)cc(C(=O)N[C@H](C)c3cccc(C(F)(F)F)c3F)cn2n1. The Morgan fingerprint density at radius 3 is 2.44 bits per heavy atom. The Balaban J connectivity index is 1.37. The molecule has 0 unspecified atom stereocenters. The third-order valence-corrected chi connectivity index (χ3v) is 8.18. The third kappa shape index (κ3) is 6.12. The van der Waals surface area contributed by atoms with E-state index in [0.717, 1.165) is 18.9 Å². The molecule has 2 aromatic heterocycles. The number of fused-ring (bicyclic) bond motifs is 1. The van der Waals surface area contributed by atoms with Gasteiger partial charge in [0, 0.05) is 36.9 Å². The Morgan fingerprint density at radius 1 is 1.09 bits per heavy atom. The molecule has 1 aromatic carbocycles. The predicted molar refractivity (Wildman–Crippen MR) is 151 cm³/mol. The Labute approximate surface area is 247 Å². The van der Waals surface area contributed by atoms with Crippen LogP contribution in [0, 0.1) is 12.7 Å². The van der Waals surface area contributed by atoms with Gasteiger partial charge in [-0.15, -0.1) is 0 Å². The number of benzene rings is 1. The number of anilines is 1. The van der Waals surface area contributed by atoms with E-state index in [9.17, 15) is 27.2 Å². The Morgan fingerprint density at radius 2 is 1.79 bits per heavy atom. The van der Waals surface area contributed by atoms with E-state index in [2.05, 4.69) is 20.3 Å². The zero-order valence-electron chi connectivity index (χ0n) is 24.9. The van der Waals surface area contributed by atoms with E-state index in [1.807, 2.05) is 25.7 Å². The zero-order valence-corrected chi connectivity index (χ0v) is 24.9. The quantitative estimate of drug-likeness (QED) is 0.365. The van der Waals surface area contributed by atoms with E-state index >= 15 is 0 Å². The van der Waals surface area contributed by atoms with Crippen LogP contribution in [0.2, 0.25) is 0 Å². The molecular formula is C30H36F4N6O3. The molecule has 2 fully saturated rings. The van der Waals surface area contributed by atoms with Gasteiger partial charge in [-0.25, -0.2) is 18.7 Å². The van der Waals surface area contributed by atoms with Gasteiger partial charge in [0.05, 0.1) is 22.9 Å². The number of nitrogens with one attached hydrogen (secondary N) is 1. The minimum Gasteiger partial charge on any atom is -0.444 e. The Bertz CT molecular complexity index is 1540. The van der Waals surface area contributed by atoms with E-state index in [4.69, 9.17) is 4.74 Å². The molecule has 1 N–H and O–H groups in total. The second-order valence-corrected chi connectivity index (χ2v) is 12.4. The number of alkyl halides is 3. The van der Waals surface area contributed by atoms with Crippen LogP contribution < -0.4 is 10.2 Å². The van der Waals surface area contributed by atoms with E-state index in [-0.39, 0.29) is 22.8 Å². The number of aryl methyl sites for hydroxylation is 1. The highest BCUT2D eigenvalue weighted by atomic mass is 19.4. The lowest BCUT2D eigenvalue weighted by atomic mass is 9.85. The molecule has 0 aliphatic carbocycles. The number of pyridine rings is 1. The summed E-state index contributed by atoms with van der Waals surface area (Å²) in [5.74, 6) is -1.51. The molecule has 3 aromatic rings. The van der Waals surface area contributed by atoms with Gasteiger partial charge in [0.1, 0.15) is 17.2 Å². The maximum absolute atomic E-state index is 14.7. The number of carbonyl (C=O) groups excluding carboxylic acids is 2. The van der Waals surface area contributed by atoms with Crippen LogP contribution in [0.15, 0.2) is 30.5 Å². The van der Waals surface area contributed by atoms with Crippen molar-refractivity contribution >= 4 is 23.3 Å². The summed E-state index contributed by atoms with van der Waals surface area (Å²) in [6.45, 7) is 10.5. The number of hydrogen-bond donors (Lipinski definition) is 1. The molecule has 5 rings (SSSR count). The second kappa shape index (κ2) is 11.0. The fourth-order valence-corrected chi connectivity index (χ4v) is 6.12. The van der Waals surface area contributed by atoms with Crippen molar-refractivity contribution in [3.63, 3.8) is 0 Å². The molecule has 2 amide bonds. The summed E-state index contributed by atoms with van der Waals surface area (Å²) in [7, 11) is 0. The number of likely N-dealkylation sites (tertiary alicyclic amines) is 1. The summed E-state index contributed by atoms with van der Waals surface area (Å²) >= 11 is 0. The number of rotatable bonds is 4. The average Bonchev–Trinajstić information content (AvgIpc) is 3.49. The molecule has 1 atom stereocenters. The summed E-state index contributed by atoms with van der Waals surface area (Å²) in [5, 5.41) is 7.01. The van der Waals surface area contributed by atoms with Crippen molar-refractivity contribution < 1.29 is 31.9 Å². The van der Waals surface area contributed by atoms with Gasteiger partial charge in [-0.2, -0.15) is 18.3 Å². The molecule has 9 nitrogen and oxygen atoms in total. The third-order valence-electron chi connectivity index (χ3n) is 8.18. The van der Waals surface area contributed by atoms with Gasteiger partial charge in [0.2, 0.25) is 0 Å². The van der Waals surface area contributed by atoms with Gasteiger partial charge in [-0.1, -0.05) is 12.1 Å². The van der Waals surface area contributed by atoms with Gasteiger partial charge in [0.15, 0.2) is 5.65 Å². The van der Waals surface area contributed by atoms with Gasteiger partial charge >= 0.3 is 12.3 Å². The van der Waals surface area contributed by atoms with Crippen LogP contribution in [0.25, 0.3) is 5.65 Å². The Kier molecular flexibility index (Phi) is 7.80. The summed E-state index contributed by atoms with van der Waals surface area (Å²) in [5.41, 5.74) is -1.14. The van der Waals surface area contributed by atoms with Crippen LogP contribution in [0.5, 0.6) is 0 Å². The predicted octanol–water partition coefficient (Wildman–Crippen LogP) is 6.06. The topological polar surface area (TPSA) is 92.1 Å². The number of ether oxygens (including phenoxy) is 1. The monoisotopic (exact) mass is 604 g/mol. The molecule has 2 aliphatic rings. The van der Waals surface area contributed by atoms with Crippen LogP contribution in [0.1, 0.15) is 86.7 Å². The summed E-state index contributed by atoms with van der Waals surface area (Å²) < 4.78 is 61.7. The molecular weight excluding hydrogens is 568 g/mol. The second-order valence-electron chi connectivity index (χ2n) is 12.4. The van der Waals surface area contributed by atoms with Crippen LogP contribution >= 0.6 is 0 Å². The maximum atomic E-state index is 14.7. The number of carbonyl (C=O) groups is 2. The molecule has 13 heteroatoms. The van der Waals surface area contributed by atoms with Gasteiger partial charge in [-0.3, -0.25) is 4.79 Å². The number of nitrogens with zero attached hydrogens (tertiary/aromatic N) is 5. The van der Waals surface area contributed by atoms with Gasteiger partial charge in [0.25, 0.3) is 5.91 Å². The molecule has 1 spiro atoms. The molecule has 0 radical (unpaired) electrons. The zero-order chi connectivity index (χ0) is 31.3. The smallest absolute Gasteiger partial charge is 0.419 e. The molecule has 2 aliphatic heterocycles. The van der Waals surface area contributed by atoms with Crippen LogP contribution in [-0.2, 0) is 10.9 Å². The number of amides is 2. The largest absolute Gasteiger partial charge is 0.444 e. The minimum absolute atomic E-state index is 0.197. The lowest BCUT2D eigenvalue weighted by Crippen LogP contribution is -2.55. The highest BCUT2D eigenvalue weighted by Crippen LogP contribution is 2.41. The molecule has 4 heterocycles. The van der Waals surface area contributed by atoms with Crippen LogP contribution in [-0.4, -0.2) is 62.3 Å². The normalized spacial score (nSPS) is 17.9. The summed E-state index contributed by atoms with van der Waals surface area (Å²) in [6.07, 6.45) is -0.486. The van der Waals surface area contributed by atoms with Crippen LogP contribution in [0.4, 0.5) is 28.0 Å². The first-order valence-corrected chi connectivity index (χ1v) is 14.4. The van der Waals surface area contributed by atoms with Crippen molar-refractivity contribution in [2.45, 2.75) is 83.7 Å². The van der Waals surface area contributed by atoms with E-state index in [1.54, 1.807) is 13.0 Å². The molecule has 43 heavy (non-hydrogen) atoms. The van der Waals surface area contributed by atoms with Crippen LogP contribution in [0.3, 0.4) is 0 Å². The summed E-state index contributed by atoms with van der Waals surface area (Å²) in [4.78, 5) is 34.9. The molecule has 232 valence electrons. The first-order chi connectivity index (χ1) is 20.1. The van der Waals surface area contributed by atoms with Crippen molar-refractivity contribution in [1.29, 1.82) is 0 Å². The van der Waals surface area contributed by atoms with Gasteiger partial charge in [-0.05, 0) is 72.4 Å². The first-order valence-electron chi connectivity index (χ1n) is 14.4. The van der Waals surface area contributed by atoms with Crippen molar-refractivity contribution in [3.05, 3.63) is 58.8 Å². The average molecular weight is 605 g/mol. The number of hydrogen-bond acceptors (Lipinski definition) is 6. The fourth-order valence-electron chi connectivity index (χ4n) is 6.12. The molecule has 2 saturated heterocycles. The summed E-state index contributed by atoms with van der Waals surface area (Å²) in [6, 6.07) is 3.64. The fraction of sp³-hybridized carbons (Fsp3) is 0.533. The maximum Gasteiger partial charge on any atom is 0.419 e. The Hall–Kier alpha value is -3.90. The lowest BCUT2D eigenvalue weighted by molar-refractivity contribution is -0.140. The molecule has 0 saturated carbocycles. The van der Waals surface area contributed by atoms with E-state index < -0.39 is 35.1 Å². The number of piperidine rings is 1. The van der Waals surface area contributed by atoms with Crippen molar-refractivity contribution in [2.75, 3.05) is 24.5 Å². The highest BCUT2D eigenvalue weighted by Gasteiger charge is 2.47. The van der Waals surface area contributed by atoms with Gasteiger partial charge < -0.3 is 19.9 Å². The van der Waals surface area contributed by atoms with E-state index in [0.29, 0.717) is 55.7 Å². The first kappa shape index (κ1) is 30.6. The lowest BCUT2D eigenvalue weighted by Gasteiger charge is -2.45. The van der Waals surface area contributed by atoms with Crippen molar-refractivity contribution in [1.82, 2.24) is 24.8 Å². The standard InChI is InChI=1S/C30H36F4N6O3/c1-18(21-8-6-9-22(24(21)31)30(32,33)34)35-26(41)20-16-23(25-36-19(2)37-40(25)17-20)38-14-11-29(12-15-38)10-7-13-39(29)27(42)43-28(3,4)5/h6,8-9,16-18H,7,10-15H2,1-5H3,(H,35,41)/t18-/m1/s1. The van der Waals surface area contributed by atoms with Crippen molar-refractivity contribution in [3.8, 4) is 0 Å².